The van der Waals surface area contributed by atoms with E-state index in [9.17, 15) is 4.79 Å². The molecule has 0 N–H and O–H groups in total. The molecule has 2 heterocycles. The molecule has 6 heteroatoms. The van der Waals surface area contributed by atoms with Crippen LogP contribution in [0.5, 0.6) is 5.75 Å². The van der Waals surface area contributed by atoms with Crippen LogP contribution >= 0.6 is 0 Å². The molecule has 6 nitrogen and oxygen atoms in total. The van der Waals surface area contributed by atoms with E-state index in [4.69, 9.17) is 9.26 Å². The predicted molar refractivity (Wildman–Crippen MR) is 85.0 cm³/mol. The van der Waals surface area contributed by atoms with Gasteiger partial charge in [0.05, 0.1) is 5.69 Å². The first kappa shape index (κ1) is 15.6. The first-order valence-corrected chi connectivity index (χ1v) is 7.81. The number of ether oxygens (including phenoxy) is 1. The molecule has 1 fully saturated rings. The highest BCUT2D eigenvalue weighted by Gasteiger charge is 2.22. The molecule has 0 saturated carbocycles. The Morgan fingerprint density at radius 3 is 2.61 bits per heavy atom. The molecular weight excluding hydrogens is 294 g/mol. The van der Waals surface area contributed by atoms with Crippen LogP contribution in [0.4, 0.5) is 0 Å². The van der Waals surface area contributed by atoms with Crippen molar-refractivity contribution in [1.82, 2.24) is 15.0 Å². The van der Waals surface area contributed by atoms with E-state index in [1.165, 1.54) is 0 Å². The number of rotatable bonds is 5. The van der Waals surface area contributed by atoms with Gasteiger partial charge in [-0.25, -0.2) is 0 Å². The Balaban J connectivity index is 1.42. The van der Waals surface area contributed by atoms with Crippen LogP contribution < -0.4 is 4.74 Å². The number of hydrogen-bond donors (Lipinski definition) is 0. The minimum atomic E-state index is 0.0331. The molecule has 1 aromatic carbocycles. The molecule has 0 unspecified atom stereocenters. The monoisotopic (exact) mass is 315 g/mol. The van der Waals surface area contributed by atoms with Gasteiger partial charge in [0.15, 0.2) is 6.61 Å². The van der Waals surface area contributed by atoms with Crippen molar-refractivity contribution in [3.8, 4) is 5.75 Å². The molecule has 0 bridgehead atoms. The number of carbonyl (C=O) groups excluding carboxylic acids is 1. The van der Waals surface area contributed by atoms with Gasteiger partial charge in [-0.1, -0.05) is 23.4 Å². The summed E-state index contributed by atoms with van der Waals surface area (Å²) in [6.07, 6.45) is 0. The molecule has 0 radical (unpaired) electrons. The fourth-order valence-corrected chi connectivity index (χ4v) is 2.63. The van der Waals surface area contributed by atoms with Gasteiger partial charge in [0, 0.05) is 38.8 Å². The van der Waals surface area contributed by atoms with E-state index in [1.807, 2.05) is 48.2 Å². The number of hydrogen-bond acceptors (Lipinski definition) is 5. The van der Waals surface area contributed by atoms with Gasteiger partial charge in [0.25, 0.3) is 5.91 Å². The van der Waals surface area contributed by atoms with Crippen LogP contribution in [-0.2, 0) is 11.3 Å². The number of carbonyl (C=O) groups is 1. The molecule has 1 saturated heterocycles. The maximum Gasteiger partial charge on any atom is 0.260 e. The van der Waals surface area contributed by atoms with Gasteiger partial charge in [-0.2, -0.15) is 0 Å². The number of amides is 1. The van der Waals surface area contributed by atoms with Crippen LogP contribution in [-0.4, -0.2) is 53.6 Å². The lowest BCUT2D eigenvalue weighted by atomic mass is 10.2. The Hall–Kier alpha value is -2.34. The third-order valence-corrected chi connectivity index (χ3v) is 3.89. The van der Waals surface area contributed by atoms with Crippen molar-refractivity contribution in [2.24, 2.45) is 0 Å². The van der Waals surface area contributed by atoms with Crippen molar-refractivity contribution in [2.75, 3.05) is 32.8 Å². The molecule has 1 aliphatic rings. The van der Waals surface area contributed by atoms with Gasteiger partial charge in [-0.3, -0.25) is 9.69 Å². The van der Waals surface area contributed by atoms with E-state index in [2.05, 4.69) is 10.1 Å². The lowest BCUT2D eigenvalue weighted by Gasteiger charge is -2.34. The van der Waals surface area contributed by atoms with Gasteiger partial charge >= 0.3 is 0 Å². The van der Waals surface area contributed by atoms with Crippen LogP contribution in [0.25, 0.3) is 0 Å². The fourth-order valence-electron chi connectivity index (χ4n) is 2.63. The average molecular weight is 315 g/mol. The van der Waals surface area contributed by atoms with Crippen LogP contribution in [0.3, 0.4) is 0 Å². The number of nitrogens with zero attached hydrogens (tertiary/aromatic N) is 3. The molecule has 2 aromatic rings. The zero-order valence-corrected chi connectivity index (χ0v) is 13.3. The van der Waals surface area contributed by atoms with E-state index < -0.39 is 0 Å². The molecule has 1 amide bonds. The molecule has 0 atom stereocenters. The van der Waals surface area contributed by atoms with Crippen molar-refractivity contribution in [3.63, 3.8) is 0 Å². The van der Waals surface area contributed by atoms with Crippen LogP contribution in [0.2, 0.25) is 0 Å². The summed E-state index contributed by atoms with van der Waals surface area (Å²) >= 11 is 0. The minimum absolute atomic E-state index is 0.0331. The number of benzene rings is 1. The quantitative estimate of drug-likeness (QED) is 0.840. The highest BCUT2D eigenvalue weighted by Crippen LogP contribution is 2.11. The van der Waals surface area contributed by atoms with E-state index in [-0.39, 0.29) is 12.5 Å². The Bertz CT molecular complexity index is 634. The van der Waals surface area contributed by atoms with Crippen molar-refractivity contribution in [2.45, 2.75) is 13.5 Å². The second kappa shape index (κ2) is 7.28. The summed E-state index contributed by atoms with van der Waals surface area (Å²) in [5.74, 6) is 1.58. The van der Waals surface area contributed by atoms with Crippen molar-refractivity contribution in [1.29, 1.82) is 0 Å². The van der Waals surface area contributed by atoms with Gasteiger partial charge in [0.1, 0.15) is 11.5 Å². The van der Waals surface area contributed by atoms with Crippen molar-refractivity contribution >= 4 is 5.91 Å². The van der Waals surface area contributed by atoms with Gasteiger partial charge < -0.3 is 14.2 Å². The van der Waals surface area contributed by atoms with E-state index >= 15 is 0 Å². The molecule has 122 valence electrons. The number of aromatic nitrogens is 1. The summed E-state index contributed by atoms with van der Waals surface area (Å²) in [4.78, 5) is 16.3. The van der Waals surface area contributed by atoms with Crippen LogP contribution in [0.1, 0.15) is 11.5 Å². The maximum absolute atomic E-state index is 12.2. The lowest BCUT2D eigenvalue weighted by molar-refractivity contribution is -0.135. The van der Waals surface area contributed by atoms with Gasteiger partial charge in [-0.05, 0) is 19.1 Å². The van der Waals surface area contributed by atoms with Crippen molar-refractivity contribution < 1.29 is 14.1 Å². The summed E-state index contributed by atoms with van der Waals surface area (Å²) in [6.45, 7) is 5.85. The molecule has 0 spiro atoms. The third kappa shape index (κ3) is 4.32. The number of para-hydroxylation sites is 1. The number of aryl methyl sites for hydroxylation is 1. The molecule has 1 aliphatic heterocycles. The van der Waals surface area contributed by atoms with Crippen LogP contribution in [0.15, 0.2) is 40.9 Å². The van der Waals surface area contributed by atoms with E-state index in [0.29, 0.717) is 13.1 Å². The topological polar surface area (TPSA) is 58.8 Å². The SMILES string of the molecule is Cc1cc(CN2CCN(C(=O)COc3ccccc3)CC2)no1. The summed E-state index contributed by atoms with van der Waals surface area (Å²) in [5.41, 5.74) is 0.940. The summed E-state index contributed by atoms with van der Waals surface area (Å²) in [7, 11) is 0. The van der Waals surface area contributed by atoms with E-state index in [0.717, 1.165) is 36.8 Å². The zero-order valence-electron chi connectivity index (χ0n) is 13.3. The summed E-state index contributed by atoms with van der Waals surface area (Å²) < 4.78 is 10.6. The van der Waals surface area contributed by atoms with E-state index in [1.54, 1.807) is 0 Å². The Morgan fingerprint density at radius 1 is 1.22 bits per heavy atom. The summed E-state index contributed by atoms with van der Waals surface area (Å²) in [6, 6.07) is 11.4. The standard InChI is InChI=1S/C17H21N3O3/c1-14-11-15(18-23-14)12-19-7-9-20(10-8-19)17(21)13-22-16-5-3-2-4-6-16/h2-6,11H,7-10,12-13H2,1H3. The molecule has 0 aliphatic carbocycles. The normalized spacial score (nSPS) is 15.6. The first-order chi connectivity index (χ1) is 11.2. The highest BCUT2D eigenvalue weighted by atomic mass is 16.5. The Labute approximate surface area is 135 Å². The first-order valence-electron chi connectivity index (χ1n) is 7.81. The molecular formula is C17H21N3O3. The summed E-state index contributed by atoms with van der Waals surface area (Å²) in [5, 5.41) is 4.01. The highest BCUT2D eigenvalue weighted by molar-refractivity contribution is 5.77. The third-order valence-electron chi connectivity index (χ3n) is 3.89. The minimum Gasteiger partial charge on any atom is -0.484 e. The maximum atomic E-state index is 12.2. The van der Waals surface area contributed by atoms with Gasteiger partial charge in [0.2, 0.25) is 0 Å². The Kier molecular flexibility index (Phi) is 4.92. The molecule has 1 aromatic heterocycles. The molecule has 23 heavy (non-hydrogen) atoms. The largest absolute Gasteiger partial charge is 0.484 e. The fraction of sp³-hybridized carbons (Fsp3) is 0.412. The smallest absolute Gasteiger partial charge is 0.260 e. The Morgan fingerprint density at radius 2 is 1.96 bits per heavy atom. The second-order valence-electron chi connectivity index (χ2n) is 5.69. The number of piperazine rings is 1. The predicted octanol–water partition coefficient (Wildman–Crippen LogP) is 1.71. The zero-order chi connectivity index (χ0) is 16.1. The van der Waals surface area contributed by atoms with Crippen molar-refractivity contribution in [3.05, 3.63) is 47.9 Å². The lowest BCUT2D eigenvalue weighted by Crippen LogP contribution is -2.49. The average Bonchev–Trinajstić information content (AvgIpc) is 2.99. The molecule has 3 rings (SSSR count). The second-order valence-corrected chi connectivity index (χ2v) is 5.69. The van der Waals surface area contributed by atoms with Crippen LogP contribution in [0, 0.1) is 6.92 Å². The van der Waals surface area contributed by atoms with Gasteiger partial charge in [-0.15, -0.1) is 0 Å².